The van der Waals surface area contributed by atoms with Crippen LogP contribution in [-0.4, -0.2) is 69.6 Å². The fourth-order valence-corrected chi connectivity index (χ4v) is 3.67. The minimum Gasteiger partial charge on any atom is -0.497 e. The molecule has 2 unspecified atom stereocenters. The number of aliphatic imine (C=N–C) groups is 1. The average molecular weight is 376 g/mol. The first-order valence-corrected chi connectivity index (χ1v) is 10.2. The van der Waals surface area contributed by atoms with Crippen LogP contribution in [0.25, 0.3) is 0 Å². The zero-order valence-corrected chi connectivity index (χ0v) is 16.7. The lowest BCUT2D eigenvalue weighted by Gasteiger charge is -2.37. The minimum atomic E-state index is 0.157. The van der Waals surface area contributed by atoms with Gasteiger partial charge in [-0.05, 0) is 50.3 Å². The molecule has 1 aromatic carbocycles. The van der Waals surface area contributed by atoms with E-state index in [1.54, 1.807) is 7.11 Å². The van der Waals surface area contributed by atoms with Crippen LogP contribution in [0.4, 0.5) is 0 Å². The van der Waals surface area contributed by atoms with E-state index >= 15 is 0 Å². The smallest absolute Gasteiger partial charge is 0.194 e. The molecule has 0 aromatic heterocycles. The topological polar surface area (TPSA) is 55.3 Å². The Morgan fingerprint density at radius 3 is 2.74 bits per heavy atom. The molecule has 1 aromatic rings. The standard InChI is InChI=1S/C21H33N3O3/c1-3-22-21(23-12-4-6-17-8-10-18(25-2)11-9-17)24-13-15-27-20(16-24)19-7-5-14-26-19/h8-11,19-20H,3-7,12-16H2,1-2H3,(H,22,23). The molecule has 0 aliphatic carbocycles. The van der Waals surface area contributed by atoms with E-state index in [9.17, 15) is 0 Å². The zero-order valence-electron chi connectivity index (χ0n) is 16.7. The molecule has 3 rings (SSSR count). The predicted molar refractivity (Wildman–Crippen MR) is 108 cm³/mol. The third-order valence-corrected chi connectivity index (χ3v) is 5.15. The van der Waals surface area contributed by atoms with Crippen molar-refractivity contribution in [2.24, 2.45) is 4.99 Å². The van der Waals surface area contributed by atoms with Crippen molar-refractivity contribution in [2.75, 3.05) is 46.5 Å². The fourth-order valence-electron chi connectivity index (χ4n) is 3.67. The number of hydrogen-bond acceptors (Lipinski definition) is 4. The highest BCUT2D eigenvalue weighted by molar-refractivity contribution is 5.80. The van der Waals surface area contributed by atoms with Crippen molar-refractivity contribution in [2.45, 2.75) is 44.8 Å². The summed E-state index contributed by atoms with van der Waals surface area (Å²) in [5.41, 5.74) is 1.32. The Hall–Kier alpha value is -1.79. The van der Waals surface area contributed by atoms with Crippen molar-refractivity contribution in [1.82, 2.24) is 10.2 Å². The van der Waals surface area contributed by atoms with Crippen molar-refractivity contribution in [3.8, 4) is 5.75 Å². The van der Waals surface area contributed by atoms with Crippen LogP contribution in [0, 0.1) is 0 Å². The molecule has 0 amide bonds. The van der Waals surface area contributed by atoms with E-state index < -0.39 is 0 Å². The second kappa shape index (κ2) is 10.5. The predicted octanol–water partition coefficient (Wildman–Crippen LogP) is 2.47. The average Bonchev–Trinajstić information content (AvgIpc) is 3.26. The van der Waals surface area contributed by atoms with Crippen molar-refractivity contribution in [1.29, 1.82) is 0 Å². The second-order valence-electron chi connectivity index (χ2n) is 7.09. The summed E-state index contributed by atoms with van der Waals surface area (Å²) in [7, 11) is 1.70. The van der Waals surface area contributed by atoms with Gasteiger partial charge in [-0.1, -0.05) is 12.1 Å². The van der Waals surface area contributed by atoms with Crippen LogP contribution in [-0.2, 0) is 15.9 Å². The Bertz CT molecular complexity index is 585. The lowest BCUT2D eigenvalue weighted by Crippen LogP contribution is -2.53. The zero-order chi connectivity index (χ0) is 18.9. The third-order valence-electron chi connectivity index (χ3n) is 5.15. The van der Waals surface area contributed by atoms with E-state index in [0.29, 0.717) is 0 Å². The summed E-state index contributed by atoms with van der Waals surface area (Å²) < 4.78 is 17.0. The summed E-state index contributed by atoms with van der Waals surface area (Å²) in [4.78, 5) is 7.18. The highest BCUT2D eigenvalue weighted by Crippen LogP contribution is 2.21. The van der Waals surface area contributed by atoms with Crippen LogP contribution in [0.1, 0.15) is 31.7 Å². The number of rotatable bonds is 7. The molecule has 1 N–H and O–H groups in total. The van der Waals surface area contributed by atoms with Crippen molar-refractivity contribution >= 4 is 5.96 Å². The van der Waals surface area contributed by atoms with E-state index in [-0.39, 0.29) is 12.2 Å². The van der Waals surface area contributed by atoms with Gasteiger partial charge >= 0.3 is 0 Å². The summed E-state index contributed by atoms with van der Waals surface area (Å²) in [5.74, 6) is 1.90. The molecule has 2 fully saturated rings. The first-order chi connectivity index (χ1) is 13.3. The lowest BCUT2D eigenvalue weighted by molar-refractivity contribution is -0.0817. The maximum absolute atomic E-state index is 5.96. The Morgan fingerprint density at radius 1 is 1.22 bits per heavy atom. The summed E-state index contributed by atoms with van der Waals surface area (Å²) in [6.07, 6.45) is 4.70. The highest BCUT2D eigenvalue weighted by Gasteiger charge is 2.32. The van der Waals surface area contributed by atoms with E-state index in [4.69, 9.17) is 19.2 Å². The summed E-state index contributed by atoms with van der Waals surface area (Å²) in [6, 6.07) is 8.28. The molecule has 2 aliphatic heterocycles. The first-order valence-electron chi connectivity index (χ1n) is 10.2. The number of methoxy groups -OCH3 is 1. The van der Waals surface area contributed by atoms with Crippen molar-refractivity contribution in [3.05, 3.63) is 29.8 Å². The Labute approximate surface area is 162 Å². The van der Waals surface area contributed by atoms with Crippen molar-refractivity contribution in [3.63, 3.8) is 0 Å². The lowest BCUT2D eigenvalue weighted by atomic mass is 10.1. The number of nitrogens with one attached hydrogen (secondary N) is 1. The molecule has 2 heterocycles. The van der Waals surface area contributed by atoms with E-state index in [1.165, 1.54) is 5.56 Å². The maximum Gasteiger partial charge on any atom is 0.194 e. The number of hydrogen-bond donors (Lipinski definition) is 1. The maximum atomic E-state index is 5.96. The molecular formula is C21H33N3O3. The monoisotopic (exact) mass is 375 g/mol. The van der Waals surface area contributed by atoms with Gasteiger partial charge in [0.05, 0.1) is 19.8 Å². The Kier molecular flexibility index (Phi) is 7.78. The van der Waals surface area contributed by atoms with E-state index in [1.807, 2.05) is 12.1 Å². The number of guanidine groups is 1. The quantitative estimate of drug-likeness (QED) is 0.451. The van der Waals surface area contributed by atoms with Gasteiger partial charge in [0.15, 0.2) is 5.96 Å². The van der Waals surface area contributed by atoms with Gasteiger partial charge in [0.2, 0.25) is 0 Å². The number of aryl methyl sites for hydroxylation is 1. The molecular weight excluding hydrogens is 342 g/mol. The van der Waals surface area contributed by atoms with Crippen LogP contribution < -0.4 is 10.1 Å². The molecule has 0 bridgehead atoms. The molecule has 0 spiro atoms. The van der Waals surface area contributed by atoms with E-state index in [2.05, 4.69) is 29.3 Å². The van der Waals surface area contributed by atoms with Gasteiger partial charge in [0, 0.05) is 32.8 Å². The van der Waals surface area contributed by atoms with Crippen molar-refractivity contribution < 1.29 is 14.2 Å². The molecule has 27 heavy (non-hydrogen) atoms. The van der Waals surface area contributed by atoms with Gasteiger partial charge in [-0.25, -0.2) is 0 Å². The molecule has 2 saturated heterocycles. The van der Waals surface area contributed by atoms with Gasteiger partial charge in [0.25, 0.3) is 0 Å². The number of nitrogens with zero attached hydrogens (tertiary/aromatic N) is 2. The minimum absolute atomic E-state index is 0.157. The molecule has 2 aliphatic rings. The third kappa shape index (κ3) is 5.84. The second-order valence-corrected chi connectivity index (χ2v) is 7.09. The summed E-state index contributed by atoms with van der Waals surface area (Å²) in [5, 5.41) is 3.44. The Morgan fingerprint density at radius 2 is 2.04 bits per heavy atom. The normalized spacial score (nSPS) is 23.5. The molecule has 6 heteroatoms. The first kappa shape index (κ1) is 20.0. The highest BCUT2D eigenvalue weighted by atomic mass is 16.5. The van der Waals surface area contributed by atoms with Crippen LogP contribution in [0.15, 0.2) is 29.3 Å². The molecule has 0 radical (unpaired) electrons. The SMILES string of the molecule is CCNC(=NCCCc1ccc(OC)cc1)N1CCOC(C2CCCO2)C1. The van der Waals surface area contributed by atoms with E-state index in [0.717, 1.165) is 76.8 Å². The number of ether oxygens (including phenoxy) is 3. The largest absolute Gasteiger partial charge is 0.497 e. The Balaban J connectivity index is 1.50. The van der Waals surface area contributed by atoms with Gasteiger partial charge < -0.3 is 24.4 Å². The van der Waals surface area contributed by atoms with Crippen LogP contribution in [0.3, 0.4) is 0 Å². The van der Waals surface area contributed by atoms with Crippen LogP contribution in [0.5, 0.6) is 5.75 Å². The molecule has 150 valence electrons. The fraction of sp³-hybridized carbons (Fsp3) is 0.667. The van der Waals surface area contributed by atoms with Gasteiger partial charge in [-0.2, -0.15) is 0 Å². The summed E-state index contributed by atoms with van der Waals surface area (Å²) >= 11 is 0. The molecule has 6 nitrogen and oxygen atoms in total. The molecule has 2 atom stereocenters. The number of benzene rings is 1. The van der Waals surface area contributed by atoms with Crippen LogP contribution >= 0.6 is 0 Å². The van der Waals surface area contributed by atoms with Gasteiger partial charge in [-0.15, -0.1) is 0 Å². The molecule has 0 saturated carbocycles. The van der Waals surface area contributed by atoms with Gasteiger partial charge in [-0.3, -0.25) is 4.99 Å². The van der Waals surface area contributed by atoms with Gasteiger partial charge in [0.1, 0.15) is 11.9 Å². The van der Waals surface area contributed by atoms with Crippen LogP contribution in [0.2, 0.25) is 0 Å². The number of morpholine rings is 1. The summed E-state index contributed by atoms with van der Waals surface area (Å²) in [6.45, 7) is 7.15.